The average molecular weight is 795 g/mol. The fraction of sp³-hybridized carbons (Fsp3) is 0.733. The number of quaternary nitrogens is 1. The Morgan fingerprint density at radius 3 is 1.62 bits per heavy atom. The topological polar surface area (TPSA) is 108 Å². The van der Waals surface area contributed by atoms with Gasteiger partial charge in [0.15, 0.2) is 6.10 Å². The fourth-order valence-electron chi connectivity index (χ4n) is 5.49. The molecule has 0 aliphatic rings. The number of carbonyl (C=O) groups is 2. The Balaban J connectivity index is 4.41. The standard InChI is InChI=1S/C45H80NO8P/c1-6-8-10-12-14-16-18-20-21-22-23-24-26-27-29-31-33-35-37-44(47)51-41-43(42-53-55(49,50)52-40-39-46(3,4)5)54-45(48)38-36-34-32-30-28-25-19-17-15-13-11-9-7-2/h9,11,13,15,17,19,23-25,28,43H,6-8,10,12,14,16,18,20-22,26-27,29-42H2,1-5H3/p+1/b11-9+,15-13+,19-17+,24-23+,28-25+. The highest BCUT2D eigenvalue weighted by Gasteiger charge is 2.27. The number of rotatable bonds is 38. The largest absolute Gasteiger partial charge is 0.472 e. The number of esters is 2. The van der Waals surface area contributed by atoms with E-state index in [2.05, 4.69) is 38.2 Å². The average Bonchev–Trinajstić information content (AvgIpc) is 3.13. The van der Waals surface area contributed by atoms with Gasteiger partial charge in [0.2, 0.25) is 0 Å². The maximum Gasteiger partial charge on any atom is 0.472 e. The molecule has 0 spiro atoms. The highest BCUT2D eigenvalue weighted by molar-refractivity contribution is 7.47. The Hall–Kier alpha value is -2.29. The van der Waals surface area contributed by atoms with Gasteiger partial charge < -0.3 is 18.9 Å². The monoisotopic (exact) mass is 795 g/mol. The molecule has 2 atom stereocenters. The smallest absolute Gasteiger partial charge is 0.462 e. The van der Waals surface area contributed by atoms with E-state index in [-0.39, 0.29) is 32.0 Å². The van der Waals surface area contributed by atoms with Gasteiger partial charge in [-0.25, -0.2) is 4.57 Å². The molecule has 0 heterocycles. The van der Waals surface area contributed by atoms with Gasteiger partial charge in [-0.15, -0.1) is 0 Å². The predicted octanol–water partition coefficient (Wildman–Crippen LogP) is 12.1. The maximum atomic E-state index is 12.6. The zero-order valence-corrected chi connectivity index (χ0v) is 36.5. The molecule has 1 N–H and O–H groups in total. The number of unbranched alkanes of at least 4 members (excludes halogenated alkanes) is 17. The first-order valence-corrected chi connectivity index (χ1v) is 23.1. The number of nitrogens with zero attached hydrogens (tertiary/aromatic N) is 1. The molecule has 9 nitrogen and oxygen atoms in total. The number of ether oxygens (including phenoxy) is 2. The van der Waals surface area contributed by atoms with Crippen molar-refractivity contribution < 1.29 is 42.1 Å². The van der Waals surface area contributed by atoms with Crippen molar-refractivity contribution >= 4 is 19.8 Å². The molecule has 0 aromatic heterocycles. The first-order chi connectivity index (χ1) is 26.5. The zero-order valence-electron chi connectivity index (χ0n) is 35.6. The molecule has 0 rings (SSSR count). The van der Waals surface area contributed by atoms with Gasteiger partial charge in [0.1, 0.15) is 19.8 Å². The van der Waals surface area contributed by atoms with Crippen molar-refractivity contribution in [3.63, 3.8) is 0 Å². The van der Waals surface area contributed by atoms with Crippen molar-refractivity contribution in [1.29, 1.82) is 0 Å². The van der Waals surface area contributed by atoms with Gasteiger partial charge in [-0.2, -0.15) is 0 Å². The van der Waals surface area contributed by atoms with Crippen LogP contribution in [0.15, 0.2) is 60.8 Å². The van der Waals surface area contributed by atoms with Gasteiger partial charge in [-0.1, -0.05) is 152 Å². The number of likely N-dealkylation sites (N-methyl/N-ethyl adjacent to an activating group) is 1. The summed E-state index contributed by atoms with van der Waals surface area (Å²) in [5.41, 5.74) is 0. The van der Waals surface area contributed by atoms with Crippen LogP contribution in [-0.2, 0) is 32.7 Å². The molecular formula is C45H81NO8P+. The molecule has 0 aromatic rings. The maximum absolute atomic E-state index is 12.6. The second-order valence-corrected chi connectivity index (χ2v) is 16.9. The van der Waals surface area contributed by atoms with Crippen LogP contribution in [0.1, 0.15) is 162 Å². The molecule has 0 bridgehead atoms. The Bertz CT molecular complexity index is 1120. The minimum atomic E-state index is -4.39. The van der Waals surface area contributed by atoms with E-state index in [0.29, 0.717) is 17.4 Å². The van der Waals surface area contributed by atoms with Crippen molar-refractivity contribution in [2.24, 2.45) is 0 Å². The lowest BCUT2D eigenvalue weighted by atomic mass is 10.1. The number of phosphoric acid groups is 1. The SMILES string of the molecule is CC/C=C/C=C/C=C/C=C/CCCCCC(=O)OC(COC(=O)CCCCCCC/C=C/CCCCCCCCCCC)COP(=O)(O)OCC[N+](C)(C)C. The lowest BCUT2D eigenvalue weighted by Crippen LogP contribution is -2.37. The van der Waals surface area contributed by atoms with Gasteiger partial charge >= 0.3 is 19.8 Å². The first kappa shape index (κ1) is 52.7. The summed E-state index contributed by atoms with van der Waals surface area (Å²) in [6, 6.07) is 0. The normalized spacial score (nSPS) is 14.2. The summed E-state index contributed by atoms with van der Waals surface area (Å²) < 4.78 is 34.2. The number of allylic oxidation sites excluding steroid dienone is 10. The van der Waals surface area contributed by atoms with E-state index < -0.39 is 26.5 Å². The summed E-state index contributed by atoms with van der Waals surface area (Å²) in [4.78, 5) is 35.3. The van der Waals surface area contributed by atoms with Crippen LogP contribution in [-0.4, -0.2) is 74.9 Å². The van der Waals surface area contributed by atoms with Gasteiger partial charge in [0.05, 0.1) is 27.7 Å². The molecule has 0 saturated heterocycles. The highest BCUT2D eigenvalue weighted by Crippen LogP contribution is 2.43. The molecule has 10 heteroatoms. The third kappa shape index (κ3) is 41.2. The van der Waals surface area contributed by atoms with Gasteiger partial charge in [0.25, 0.3) is 0 Å². The molecule has 0 aliphatic heterocycles. The quantitative estimate of drug-likeness (QED) is 0.0164. The summed E-state index contributed by atoms with van der Waals surface area (Å²) in [6.45, 7) is 4.21. The number of hydrogen-bond acceptors (Lipinski definition) is 7. The van der Waals surface area contributed by atoms with Crippen LogP contribution in [0.25, 0.3) is 0 Å². The molecule has 0 fully saturated rings. The molecule has 0 amide bonds. The number of phosphoric ester groups is 1. The van der Waals surface area contributed by atoms with E-state index in [9.17, 15) is 19.0 Å². The van der Waals surface area contributed by atoms with Crippen molar-refractivity contribution in [2.45, 2.75) is 168 Å². The molecule has 0 aromatic carbocycles. The van der Waals surface area contributed by atoms with E-state index in [1.807, 2.05) is 57.6 Å². The van der Waals surface area contributed by atoms with Crippen molar-refractivity contribution in [3.05, 3.63) is 60.8 Å². The fourth-order valence-corrected chi connectivity index (χ4v) is 6.23. The number of hydrogen-bond donors (Lipinski definition) is 1. The molecular weight excluding hydrogens is 713 g/mol. The summed E-state index contributed by atoms with van der Waals surface area (Å²) >= 11 is 0. The number of carbonyl (C=O) groups excluding carboxylic acids is 2. The van der Waals surface area contributed by atoms with Crippen LogP contribution < -0.4 is 0 Å². The van der Waals surface area contributed by atoms with Gasteiger partial charge in [0, 0.05) is 12.8 Å². The van der Waals surface area contributed by atoms with Crippen LogP contribution in [0.4, 0.5) is 0 Å². The third-order valence-electron chi connectivity index (χ3n) is 8.88. The summed E-state index contributed by atoms with van der Waals surface area (Å²) in [5, 5.41) is 0. The van der Waals surface area contributed by atoms with E-state index in [0.717, 1.165) is 64.2 Å². The Morgan fingerprint density at radius 1 is 0.582 bits per heavy atom. The first-order valence-electron chi connectivity index (χ1n) is 21.6. The van der Waals surface area contributed by atoms with E-state index >= 15 is 0 Å². The third-order valence-corrected chi connectivity index (χ3v) is 9.86. The minimum Gasteiger partial charge on any atom is -0.462 e. The minimum absolute atomic E-state index is 0.0198. The van der Waals surface area contributed by atoms with Crippen LogP contribution >= 0.6 is 7.82 Å². The second-order valence-electron chi connectivity index (χ2n) is 15.4. The molecule has 0 saturated carbocycles. The molecule has 2 unspecified atom stereocenters. The van der Waals surface area contributed by atoms with Crippen LogP contribution in [0, 0.1) is 0 Å². The van der Waals surface area contributed by atoms with Crippen molar-refractivity contribution in [2.75, 3.05) is 47.5 Å². The van der Waals surface area contributed by atoms with Crippen molar-refractivity contribution in [3.8, 4) is 0 Å². The zero-order chi connectivity index (χ0) is 40.7. The Kier molecular flexibility index (Phi) is 35.7. The van der Waals surface area contributed by atoms with Crippen LogP contribution in [0.3, 0.4) is 0 Å². The predicted molar refractivity (Wildman–Crippen MR) is 229 cm³/mol. The van der Waals surface area contributed by atoms with Gasteiger partial charge in [-0.05, 0) is 57.8 Å². The summed E-state index contributed by atoms with van der Waals surface area (Å²) in [7, 11) is 1.43. The summed E-state index contributed by atoms with van der Waals surface area (Å²) in [6.07, 6.45) is 44.2. The van der Waals surface area contributed by atoms with Crippen LogP contribution in [0.5, 0.6) is 0 Å². The highest BCUT2D eigenvalue weighted by atomic mass is 31.2. The molecule has 55 heavy (non-hydrogen) atoms. The molecule has 318 valence electrons. The van der Waals surface area contributed by atoms with Crippen molar-refractivity contribution in [1.82, 2.24) is 0 Å². The van der Waals surface area contributed by atoms with Crippen LogP contribution in [0.2, 0.25) is 0 Å². The second kappa shape index (κ2) is 37.3. The molecule has 0 aliphatic carbocycles. The lowest BCUT2D eigenvalue weighted by molar-refractivity contribution is -0.870. The Morgan fingerprint density at radius 2 is 1.05 bits per heavy atom. The summed E-state index contributed by atoms with van der Waals surface area (Å²) in [5.74, 6) is -0.858. The van der Waals surface area contributed by atoms with Gasteiger partial charge in [-0.3, -0.25) is 18.6 Å². The lowest BCUT2D eigenvalue weighted by Gasteiger charge is -2.24. The Labute approximate surface area is 336 Å². The van der Waals surface area contributed by atoms with E-state index in [1.165, 1.54) is 64.2 Å². The van der Waals surface area contributed by atoms with E-state index in [4.69, 9.17) is 18.5 Å². The van der Waals surface area contributed by atoms with E-state index in [1.54, 1.807) is 0 Å². The molecule has 0 radical (unpaired) electrons.